The molecule has 0 aliphatic heterocycles. The van der Waals surface area contributed by atoms with Gasteiger partial charge in [-0.15, -0.1) is 0 Å². The van der Waals surface area contributed by atoms with Crippen molar-refractivity contribution in [3.05, 3.63) is 32.7 Å². The molecule has 0 spiro atoms. The largest absolute Gasteiger partial charge is 0.319 e. The molecule has 0 aromatic heterocycles. The van der Waals surface area contributed by atoms with Crippen molar-refractivity contribution in [2.45, 2.75) is 25.8 Å². The number of benzene rings is 1. The van der Waals surface area contributed by atoms with Gasteiger partial charge in [0.15, 0.2) is 0 Å². The molecule has 0 aliphatic carbocycles. The highest BCUT2D eigenvalue weighted by Crippen LogP contribution is 2.22. The summed E-state index contributed by atoms with van der Waals surface area (Å²) in [7, 11) is 0. The fourth-order valence-corrected chi connectivity index (χ4v) is 2.65. The fraction of sp³-hybridized carbons (Fsp3) is 0.364. The van der Waals surface area contributed by atoms with E-state index in [1.165, 1.54) is 6.92 Å². The van der Waals surface area contributed by atoms with Crippen molar-refractivity contribution in [1.29, 1.82) is 0 Å². The second kappa shape index (κ2) is 4.76. The van der Waals surface area contributed by atoms with Gasteiger partial charge in [-0.3, -0.25) is 4.79 Å². The summed E-state index contributed by atoms with van der Waals surface area (Å²) >= 11 is 6.80. The van der Waals surface area contributed by atoms with Gasteiger partial charge in [0.1, 0.15) is 5.78 Å². The summed E-state index contributed by atoms with van der Waals surface area (Å²) in [6.07, 6.45) is 0.542. The monoisotopic (exact) mass is 333 g/mol. The van der Waals surface area contributed by atoms with Crippen LogP contribution in [0.15, 0.2) is 27.1 Å². The van der Waals surface area contributed by atoms with Gasteiger partial charge in [-0.1, -0.05) is 31.9 Å². The van der Waals surface area contributed by atoms with Gasteiger partial charge in [-0.25, -0.2) is 0 Å². The molecule has 1 aromatic rings. The smallest absolute Gasteiger partial charge is 0.149 e. The van der Waals surface area contributed by atoms with Crippen LogP contribution in [0.5, 0.6) is 0 Å². The number of nitrogens with two attached hydrogens (primary N) is 1. The van der Waals surface area contributed by atoms with Crippen LogP contribution in [-0.4, -0.2) is 11.3 Å². The lowest BCUT2D eigenvalue weighted by atomic mass is 9.90. The first-order valence-electron chi connectivity index (χ1n) is 4.56. The molecule has 0 saturated heterocycles. The van der Waals surface area contributed by atoms with Crippen molar-refractivity contribution in [1.82, 2.24) is 0 Å². The first-order valence-corrected chi connectivity index (χ1v) is 6.15. The lowest BCUT2D eigenvalue weighted by Crippen LogP contribution is -2.45. The van der Waals surface area contributed by atoms with Crippen LogP contribution in [0.2, 0.25) is 0 Å². The molecule has 0 bridgehead atoms. The molecule has 0 fully saturated rings. The van der Waals surface area contributed by atoms with Crippen LogP contribution in [0, 0.1) is 0 Å². The van der Waals surface area contributed by atoms with Crippen LogP contribution in [0.4, 0.5) is 0 Å². The summed E-state index contributed by atoms with van der Waals surface area (Å²) in [6.45, 7) is 3.27. The number of Topliss-reactive ketones (excluding diaryl/α,β-unsaturated/α-hetero) is 1. The number of halogens is 2. The van der Waals surface area contributed by atoms with Gasteiger partial charge in [0.05, 0.1) is 5.54 Å². The molecule has 15 heavy (non-hydrogen) atoms. The van der Waals surface area contributed by atoms with E-state index in [9.17, 15) is 4.79 Å². The molecule has 0 heterocycles. The minimum atomic E-state index is -0.791. The minimum absolute atomic E-state index is 0.00130. The van der Waals surface area contributed by atoms with Gasteiger partial charge in [0, 0.05) is 8.95 Å². The quantitative estimate of drug-likeness (QED) is 0.923. The number of hydrogen-bond donors (Lipinski definition) is 1. The molecule has 2 N–H and O–H groups in total. The summed E-state index contributed by atoms with van der Waals surface area (Å²) in [5, 5.41) is 0. The first kappa shape index (κ1) is 12.9. The van der Waals surface area contributed by atoms with Crippen LogP contribution >= 0.6 is 31.9 Å². The molecule has 1 aromatic carbocycles. The van der Waals surface area contributed by atoms with Gasteiger partial charge in [-0.05, 0) is 44.0 Å². The Morgan fingerprint density at radius 1 is 1.33 bits per heavy atom. The molecule has 1 unspecified atom stereocenters. The SMILES string of the molecule is CC(=O)C(C)(N)Cc1cc(Br)cc(Br)c1. The molecule has 0 aliphatic rings. The zero-order valence-corrected chi connectivity index (χ0v) is 11.9. The molecule has 4 heteroatoms. The van der Waals surface area contributed by atoms with Gasteiger partial charge in [-0.2, -0.15) is 0 Å². The van der Waals surface area contributed by atoms with Gasteiger partial charge in [0.25, 0.3) is 0 Å². The molecule has 1 atom stereocenters. The number of rotatable bonds is 3. The molecule has 82 valence electrons. The highest BCUT2D eigenvalue weighted by atomic mass is 79.9. The van der Waals surface area contributed by atoms with E-state index < -0.39 is 5.54 Å². The average molecular weight is 335 g/mol. The lowest BCUT2D eigenvalue weighted by Gasteiger charge is -2.21. The molecule has 0 radical (unpaired) electrons. The number of carbonyl (C=O) groups is 1. The standard InChI is InChI=1S/C11H13Br2NO/c1-7(15)11(2,14)6-8-3-9(12)5-10(13)4-8/h3-5H,6,14H2,1-2H3. The van der Waals surface area contributed by atoms with Crippen LogP contribution < -0.4 is 5.73 Å². The Hall–Kier alpha value is -0.190. The van der Waals surface area contributed by atoms with Gasteiger partial charge in [0.2, 0.25) is 0 Å². The van der Waals surface area contributed by atoms with Crippen molar-refractivity contribution in [3.63, 3.8) is 0 Å². The topological polar surface area (TPSA) is 43.1 Å². The van der Waals surface area contributed by atoms with Crippen molar-refractivity contribution in [3.8, 4) is 0 Å². The van der Waals surface area contributed by atoms with Crippen molar-refractivity contribution in [2.24, 2.45) is 5.73 Å². The predicted octanol–water partition coefficient (Wildman–Crippen LogP) is 3.06. The second-order valence-corrected chi connectivity index (χ2v) is 5.76. The molecular weight excluding hydrogens is 322 g/mol. The highest BCUT2D eigenvalue weighted by molar-refractivity contribution is 9.11. The van der Waals surface area contributed by atoms with E-state index >= 15 is 0 Å². The van der Waals surface area contributed by atoms with E-state index in [0.29, 0.717) is 6.42 Å². The highest BCUT2D eigenvalue weighted by Gasteiger charge is 2.24. The zero-order chi connectivity index (χ0) is 11.6. The minimum Gasteiger partial charge on any atom is -0.319 e. The van der Waals surface area contributed by atoms with Crippen LogP contribution in [0.25, 0.3) is 0 Å². The number of ketones is 1. The van der Waals surface area contributed by atoms with E-state index in [1.807, 2.05) is 18.2 Å². The normalized spacial score (nSPS) is 14.7. The molecule has 2 nitrogen and oxygen atoms in total. The second-order valence-electron chi connectivity index (χ2n) is 3.93. The Labute approximate surface area is 106 Å². The van der Waals surface area contributed by atoms with E-state index in [2.05, 4.69) is 31.9 Å². The van der Waals surface area contributed by atoms with Gasteiger partial charge >= 0.3 is 0 Å². The Morgan fingerprint density at radius 2 is 1.80 bits per heavy atom. The molecule has 0 saturated carbocycles. The maximum Gasteiger partial charge on any atom is 0.149 e. The third-order valence-corrected chi connectivity index (χ3v) is 3.21. The molecule has 0 amide bonds. The predicted molar refractivity (Wildman–Crippen MR) is 68.8 cm³/mol. The van der Waals surface area contributed by atoms with Gasteiger partial charge < -0.3 is 5.73 Å². The summed E-state index contributed by atoms with van der Waals surface area (Å²) < 4.78 is 1.96. The number of carbonyl (C=O) groups excluding carboxylic acids is 1. The molecular formula is C11H13Br2NO. The third kappa shape index (κ3) is 3.70. The summed E-state index contributed by atoms with van der Waals surface area (Å²) in [5.74, 6) is -0.00130. The van der Waals surface area contributed by atoms with E-state index in [1.54, 1.807) is 6.92 Å². The summed E-state index contributed by atoms with van der Waals surface area (Å²) in [6, 6.07) is 5.89. The van der Waals surface area contributed by atoms with Crippen LogP contribution in [-0.2, 0) is 11.2 Å². The van der Waals surface area contributed by atoms with Crippen molar-refractivity contribution >= 4 is 37.6 Å². The zero-order valence-electron chi connectivity index (χ0n) is 8.68. The Bertz CT molecular complexity index is 368. The Kier molecular flexibility index (Phi) is 4.09. The Morgan fingerprint density at radius 3 is 2.20 bits per heavy atom. The fourth-order valence-electron chi connectivity index (χ4n) is 1.26. The Balaban J connectivity index is 2.94. The van der Waals surface area contributed by atoms with E-state index in [0.717, 1.165) is 14.5 Å². The van der Waals surface area contributed by atoms with E-state index in [4.69, 9.17) is 5.73 Å². The van der Waals surface area contributed by atoms with E-state index in [-0.39, 0.29) is 5.78 Å². The maximum absolute atomic E-state index is 11.3. The first-order chi connectivity index (χ1) is 6.81. The average Bonchev–Trinajstić information content (AvgIpc) is 1.99. The number of hydrogen-bond acceptors (Lipinski definition) is 2. The summed E-state index contributed by atoms with van der Waals surface area (Å²) in [5.41, 5.74) is 6.16. The van der Waals surface area contributed by atoms with Crippen molar-refractivity contribution in [2.75, 3.05) is 0 Å². The summed E-state index contributed by atoms with van der Waals surface area (Å²) in [4.78, 5) is 11.3. The third-order valence-electron chi connectivity index (χ3n) is 2.30. The van der Waals surface area contributed by atoms with Crippen LogP contribution in [0.3, 0.4) is 0 Å². The van der Waals surface area contributed by atoms with Crippen molar-refractivity contribution < 1.29 is 4.79 Å². The lowest BCUT2D eigenvalue weighted by molar-refractivity contribution is -0.121. The van der Waals surface area contributed by atoms with Crippen LogP contribution in [0.1, 0.15) is 19.4 Å². The molecule has 1 rings (SSSR count). The maximum atomic E-state index is 11.3.